The third-order valence-electron chi connectivity index (χ3n) is 3.15. The molecule has 0 spiro atoms. The fraction of sp³-hybridized carbons (Fsp3) is 0.200. The van der Waals surface area contributed by atoms with Crippen molar-refractivity contribution in [2.45, 2.75) is 13.5 Å². The van der Waals surface area contributed by atoms with E-state index in [0.29, 0.717) is 17.1 Å². The fourth-order valence-corrected chi connectivity index (χ4v) is 2.17. The Labute approximate surface area is 127 Å². The van der Waals surface area contributed by atoms with Crippen molar-refractivity contribution < 1.29 is 9.66 Å². The Hall–Kier alpha value is -2.27. The van der Waals surface area contributed by atoms with Crippen LogP contribution in [-0.2, 0) is 6.54 Å². The average molecular weight is 307 g/mol. The van der Waals surface area contributed by atoms with Crippen LogP contribution in [0.2, 0.25) is 5.02 Å². The highest BCUT2D eigenvalue weighted by molar-refractivity contribution is 6.30. The van der Waals surface area contributed by atoms with E-state index in [2.05, 4.69) is 5.32 Å². The summed E-state index contributed by atoms with van der Waals surface area (Å²) in [5.41, 5.74) is 2.51. The van der Waals surface area contributed by atoms with Gasteiger partial charge in [-0.2, -0.15) is 0 Å². The molecule has 0 amide bonds. The first kappa shape index (κ1) is 15.1. The van der Waals surface area contributed by atoms with Gasteiger partial charge in [0.25, 0.3) is 5.69 Å². The predicted octanol–water partition coefficient (Wildman–Crippen LogP) is 4.18. The normalized spacial score (nSPS) is 10.2. The standard InChI is InChI=1S/C15H15ClN2O3/c1-10-7-13(21-2)5-6-14(10)17-9-11-3-4-12(16)8-15(11)18(19)20/h3-8,17H,9H2,1-2H3. The van der Waals surface area contributed by atoms with Gasteiger partial charge in [-0.3, -0.25) is 10.1 Å². The number of hydrogen-bond donors (Lipinski definition) is 1. The van der Waals surface area contributed by atoms with E-state index in [1.165, 1.54) is 6.07 Å². The Morgan fingerprint density at radius 2 is 2.05 bits per heavy atom. The second kappa shape index (κ2) is 6.45. The van der Waals surface area contributed by atoms with Crippen molar-refractivity contribution in [3.63, 3.8) is 0 Å². The van der Waals surface area contributed by atoms with Crippen LogP contribution >= 0.6 is 11.6 Å². The number of methoxy groups -OCH3 is 1. The average Bonchev–Trinajstić information content (AvgIpc) is 2.46. The minimum atomic E-state index is -0.427. The van der Waals surface area contributed by atoms with Gasteiger partial charge in [0.1, 0.15) is 5.75 Å². The number of nitro benzene ring substituents is 1. The highest BCUT2D eigenvalue weighted by Crippen LogP contribution is 2.26. The minimum Gasteiger partial charge on any atom is -0.497 e. The molecule has 0 atom stereocenters. The summed E-state index contributed by atoms with van der Waals surface area (Å²) >= 11 is 5.80. The van der Waals surface area contributed by atoms with Gasteiger partial charge in [-0.05, 0) is 42.8 Å². The van der Waals surface area contributed by atoms with Crippen molar-refractivity contribution in [1.29, 1.82) is 0 Å². The molecule has 0 fully saturated rings. The van der Waals surface area contributed by atoms with Gasteiger partial charge in [-0.1, -0.05) is 11.6 Å². The monoisotopic (exact) mass is 306 g/mol. The fourth-order valence-electron chi connectivity index (χ4n) is 2.01. The molecule has 0 saturated heterocycles. The van der Waals surface area contributed by atoms with E-state index < -0.39 is 4.92 Å². The molecule has 5 nitrogen and oxygen atoms in total. The number of nitrogens with zero attached hydrogens (tertiary/aromatic N) is 1. The Morgan fingerprint density at radius 3 is 2.67 bits per heavy atom. The van der Waals surface area contributed by atoms with E-state index in [4.69, 9.17) is 16.3 Å². The molecule has 0 aliphatic rings. The number of rotatable bonds is 5. The second-order valence-corrected chi connectivity index (χ2v) is 5.00. The van der Waals surface area contributed by atoms with Gasteiger partial charge in [0, 0.05) is 28.9 Å². The smallest absolute Gasteiger partial charge is 0.275 e. The summed E-state index contributed by atoms with van der Waals surface area (Å²) in [4.78, 5) is 10.6. The molecule has 1 N–H and O–H groups in total. The first-order valence-electron chi connectivity index (χ1n) is 6.32. The zero-order valence-corrected chi connectivity index (χ0v) is 12.5. The van der Waals surface area contributed by atoms with E-state index in [9.17, 15) is 10.1 Å². The number of anilines is 1. The molecule has 21 heavy (non-hydrogen) atoms. The Morgan fingerprint density at radius 1 is 1.29 bits per heavy atom. The molecular weight excluding hydrogens is 292 g/mol. The molecule has 0 heterocycles. The van der Waals surface area contributed by atoms with Crippen LogP contribution in [-0.4, -0.2) is 12.0 Å². The topological polar surface area (TPSA) is 64.4 Å². The molecule has 0 radical (unpaired) electrons. The summed E-state index contributed by atoms with van der Waals surface area (Å²) < 4.78 is 5.14. The highest BCUT2D eigenvalue weighted by atomic mass is 35.5. The molecule has 0 saturated carbocycles. The van der Waals surface area contributed by atoms with Crippen molar-refractivity contribution in [1.82, 2.24) is 0 Å². The number of hydrogen-bond acceptors (Lipinski definition) is 4. The molecule has 2 rings (SSSR count). The van der Waals surface area contributed by atoms with Crippen molar-refractivity contribution in [3.8, 4) is 5.75 Å². The second-order valence-electron chi connectivity index (χ2n) is 4.56. The Bertz CT molecular complexity index is 674. The van der Waals surface area contributed by atoms with Crippen LogP contribution in [0.25, 0.3) is 0 Å². The molecule has 110 valence electrons. The maximum Gasteiger partial charge on any atom is 0.275 e. The van der Waals surface area contributed by atoms with Crippen molar-refractivity contribution in [2.24, 2.45) is 0 Å². The van der Waals surface area contributed by atoms with Crippen LogP contribution in [0.3, 0.4) is 0 Å². The first-order chi connectivity index (χ1) is 10.0. The molecule has 0 aliphatic heterocycles. The summed E-state index contributed by atoms with van der Waals surface area (Å²) in [7, 11) is 1.61. The van der Waals surface area contributed by atoms with Gasteiger partial charge in [0.2, 0.25) is 0 Å². The van der Waals surface area contributed by atoms with E-state index in [-0.39, 0.29) is 5.69 Å². The van der Waals surface area contributed by atoms with E-state index >= 15 is 0 Å². The largest absolute Gasteiger partial charge is 0.497 e. The van der Waals surface area contributed by atoms with E-state index in [1.54, 1.807) is 19.2 Å². The molecule has 0 bridgehead atoms. The molecule has 0 aliphatic carbocycles. The quantitative estimate of drug-likeness (QED) is 0.665. The van der Waals surface area contributed by atoms with Crippen LogP contribution in [0.4, 0.5) is 11.4 Å². The SMILES string of the molecule is COc1ccc(NCc2ccc(Cl)cc2[N+](=O)[O-])c(C)c1. The van der Waals surface area contributed by atoms with E-state index in [0.717, 1.165) is 17.0 Å². The Kier molecular flexibility index (Phi) is 4.65. The van der Waals surface area contributed by atoms with Gasteiger partial charge < -0.3 is 10.1 Å². The number of ether oxygens (including phenoxy) is 1. The van der Waals surface area contributed by atoms with Crippen LogP contribution in [0.1, 0.15) is 11.1 Å². The van der Waals surface area contributed by atoms with Crippen molar-refractivity contribution in [3.05, 3.63) is 62.7 Å². The van der Waals surface area contributed by atoms with Gasteiger partial charge in [0.15, 0.2) is 0 Å². The third-order valence-corrected chi connectivity index (χ3v) is 3.38. The predicted molar refractivity (Wildman–Crippen MR) is 83.2 cm³/mol. The van der Waals surface area contributed by atoms with Crippen molar-refractivity contribution in [2.75, 3.05) is 12.4 Å². The molecule has 0 unspecified atom stereocenters. The first-order valence-corrected chi connectivity index (χ1v) is 6.70. The lowest BCUT2D eigenvalue weighted by Gasteiger charge is -2.11. The maximum atomic E-state index is 11.0. The lowest BCUT2D eigenvalue weighted by Crippen LogP contribution is -2.04. The molecule has 0 aromatic heterocycles. The molecule has 2 aromatic carbocycles. The van der Waals surface area contributed by atoms with E-state index in [1.807, 2.05) is 25.1 Å². The summed E-state index contributed by atoms with van der Waals surface area (Å²) in [6.07, 6.45) is 0. The summed E-state index contributed by atoms with van der Waals surface area (Å²) in [5.74, 6) is 0.774. The van der Waals surface area contributed by atoms with Crippen LogP contribution in [0.5, 0.6) is 5.75 Å². The summed E-state index contributed by atoms with van der Waals surface area (Å²) in [6, 6.07) is 10.3. The number of nitro groups is 1. The maximum absolute atomic E-state index is 11.0. The lowest BCUT2D eigenvalue weighted by molar-refractivity contribution is -0.385. The summed E-state index contributed by atoms with van der Waals surface area (Å²) in [5, 5.41) is 14.6. The third kappa shape index (κ3) is 3.64. The highest BCUT2D eigenvalue weighted by Gasteiger charge is 2.14. The number of aryl methyl sites for hydroxylation is 1. The zero-order chi connectivity index (χ0) is 15.4. The van der Waals surface area contributed by atoms with Gasteiger partial charge in [-0.25, -0.2) is 0 Å². The number of nitrogens with one attached hydrogen (secondary N) is 1. The minimum absolute atomic E-state index is 0.0150. The Balaban J connectivity index is 2.18. The van der Waals surface area contributed by atoms with Crippen LogP contribution in [0.15, 0.2) is 36.4 Å². The van der Waals surface area contributed by atoms with Gasteiger partial charge in [-0.15, -0.1) is 0 Å². The lowest BCUT2D eigenvalue weighted by atomic mass is 10.1. The number of halogens is 1. The van der Waals surface area contributed by atoms with Gasteiger partial charge >= 0.3 is 0 Å². The van der Waals surface area contributed by atoms with Gasteiger partial charge in [0.05, 0.1) is 12.0 Å². The number of benzene rings is 2. The van der Waals surface area contributed by atoms with Crippen molar-refractivity contribution >= 4 is 23.0 Å². The molecule has 6 heteroatoms. The zero-order valence-electron chi connectivity index (χ0n) is 11.7. The molecular formula is C15H15ClN2O3. The van der Waals surface area contributed by atoms with Crippen LogP contribution < -0.4 is 10.1 Å². The summed E-state index contributed by atoms with van der Waals surface area (Å²) in [6.45, 7) is 2.29. The molecule has 2 aromatic rings. The van der Waals surface area contributed by atoms with Crippen LogP contribution in [0, 0.1) is 17.0 Å².